The van der Waals surface area contributed by atoms with Crippen LogP contribution in [0.1, 0.15) is 30.3 Å². The maximum atomic E-state index is 10.1. The number of aromatic nitrogens is 3. The lowest BCUT2D eigenvalue weighted by Gasteiger charge is -1.76. The SMILES string of the molecule is CC.Cc1nc(C(=O)O)n[nH]1. The minimum atomic E-state index is -1.11. The maximum Gasteiger partial charge on any atom is 0.375 e. The lowest BCUT2D eigenvalue weighted by atomic mass is 10.6. The van der Waals surface area contributed by atoms with E-state index in [1.54, 1.807) is 6.92 Å². The van der Waals surface area contributed by atoms with Crippen LogP contribution in [-0.2, 0) is 0 Å². The zero-order valence-electron chi connectivity index (χ0n) is 6.75. The van der Waals surface area contributed by atoms with Gasteiger partial charge in [-0.3, -0.25) is 5.10 Å². The summed E-state index contributed by atoms with van der Waals surface area (Å²) < 4.78 is 0. The molecule has 1 rings (SSSR count). The molecule has 0 radical (unpaired) electrons. The number of aromatic amines is 1. The molecule has 0 bridgehead atoms. The highest BCUT2D eigenvalue weighted by Gasteiger charge is 2.06. The van der Waals surface area contributed by atoms with E-state index in [1.165, 1.54) is 0 Å². The number of hydrogen-bond donors (Lipinski definition) is 2. The van der Waals surface area contributed by atoms with Crippen molar-refractivity contribution in [2.75, 3.05) is 0 Å². The van der Waals surface area contributed by atoms with Crippen LogP contribution < -0.4 is 0 Å². The Labute approximate surface area is 64.5 Å². The summed E-state index contributed by atoms with van der Waals surface area (Å²) in [5, 5.41) is 14.0. The molecule has 2 N–H and O–H groups in total. The fraction of sp³-hybridized carbons (Fsp3) is 0.500. The molecule has 5 nitrogen and oxygen atoms in total. The molecule has 0 saturated carbocycles. The van der Waals surface area contributed by atoms with Gasteiger partial charge in [-0.25, -0.2) is 9.78 Å². The highest BCUT2D eigenvalue weighted by atomic mass is 16.4. The summed E-state index contributed by atoms with van der Waals surface area (Å²) in [4.78, 5) is 13.6. The van der Waals surface area contributed by atoms with Gasteiger partial charge in [0.15, 0.2) is 0 Å². The van der Waals surface area contributed by atoms with Gasteiger partial charge in [-0.05, 0) is 6.92 Å². The predicted molar refractivity (Wildman–Crippen MR) is 39.4 cm³/mol. The van der Waals surface area contributed by atoms with E-state index in [1.807, 2.05) is 13.8 Å². The van der Waals surface area contributed by atoms with Crippen molar-refractivity contribution >= 4 is 5.97 Å². The molecule has 5 heteroatoms. The van der Waals surface area contributed by atoms with Crippen molar-refractivity contribution in [2.45, 2.75) is 20.8 Å². The molecule has 62 valence electrons. The largest absolute Gasteiger partial charge is 0.475 e. The van der Waals surface area contributed by atoms with Gasteiger partial charge in [0.2, 0.25) is 0 Å². The molecular weight excluding hydrogens is 146 g/mol. The summed E-state index contributed by atoms with van der Waals surface area (Å²) in [6.07, 6.45) is 0. The maximum absolute atomic E-state index is 10.1. The Bertz CT molecular complexity index is 231. The number of hydrogen-bond acceptors (Lipinski definition) is 3. The standard InChI is InChI=1S/C4H5N3O2.C2H6/c1-2-5-3(4(8)9)7-6-2;1-2/h1H3,(H,8,9)(H,5,6,7);1-2H3. The van der Waals surface area contributed by atoms with Gasteiger partial charge < -0.3 is 5.11 Å². The van der Waals surface area contributed by atoms with Crippen LogP contribution in [0.3, 0.4) is 0 Å². The monoisotopic (exact) mass is 157 g/mol. The molecular formula is C6H11N3O2. The van der Waals surface area contributed by atoms with Crippen LogP contribution in [0.25, 0.3) is 0 Å². The Kier molecular flexibility index (Phi) is 3.87. The van der Waals surface area contributed by atoms with Gasteiger partial charge >= 0.3 is 5.97 Å². The molecule has 0 aromatic carbocycles. The number of H-pyrrole nitrogens is 1. The van der Waals surface area contributed by atoms with E-state index in [9.17, 15) is 4.79 Å². The molecule has 1 heterocycles. The number of carbonyl (C=O) groups is 1. The molecule has 1 aromatic rings. The first-order chi connectivity index (χ1) is 5.20. The van der Waals surface area contributed by atoms with E-state index >= 15 is 0 Å². The number of nitrogens with zero attached hydrogens (tertiary/aromatic N) is 2. The Morgan fingerprint density at radius 3 is 2.27 bits per heavy atom. The normalized spacial score (nSPS) is 8.27. The minimum Gasteiger partial charge on any atom is -0.475 e. The van der Waals surface area contributed by atoms with Crippen LogP contribution in [0.5, 0.6) is 0 Å². The van der Waals surface area contributed by atoms with E-state index in [4.69, 9.17) is 5.11 Å². The zero-order chi connectivity index (χ0) is 8.85. The van der Waals surface area contributed by atoms with Crippen molar-refractivity contribution in [3.8, 4) is 0 Å². The topological polar surface area (TPSA) is 78.9 Å². The third kappa shape index (κ3) is 2.79. The van der Waals surface area contributed by atoms with Crippen LogP contribution in [0, 0.1) is 6.92 Å². The van der Waals surface area contributed by atoms with E-state index in [0.29, 0.717) is 5.82 Å². The molecule has 1 aromatic heterocycles. The van der Waals surface area contributed by atoms with Crippen molar-refractivity contribution in [2.24, 2.45) is 0 Å². The van der Waals surface area contributed by atoms with Gasteiger partial charge in [0.1, 0.15) is 5.82 Å². The lowest BCUT2D eigenvalue weighted by molar-refractivity contribution is 0.0684. The molecule has 0 aliphatic heterocycles. The molecule has 0 aliphatic carbocycles. The zero-order valence-corrected chi connectivity index (χ0v) is 6.75. The van der Waals surface area contributed by atoms with Gasteiger partial charge in [-0.1, -0.05) is 13.8 Å². The quantitative estimate of drug-likeness (QED) is 0.633. The van der Waals surface area contributed by atoms with Crippen molar-refractivity contribution in [3.05, 3.63) is 11.6 Å². The highest BCUT2D eigenvalue weighted by Crippen LogP contribution is 1.88. The average molecular weight is 157 g/mol. The summed E-state index contributed by atoms with van der Waals surface area (Å²) in [6, 6.07) is 0. The molecule has 0 amide bonds. The fourth-order valence-corrected chi connectivity index (χ4v) is 0.438. The number of aryl methyl sites for hydroxylation is 1. The van der Waals surface area contributed by atoms with Crippen LogP contribution in [-0.4, -0.2) is 26.3 Å². The molecule has 0 saturated heterocycles. The Balaban J connectivity index is 0.000000461. The first-order valence-electron chi connectivity index (χ1n) is 3.32. The molecule has 0 unspecified atom stereocenters. The van der Waals surface area contributed by atoms with E-state index in [2.05, 4.69) is 15.2 Å². The minimum absolute atomic E-state index is 0.187. The second-order valence-corrected chi connectivity index (χ2v) is 1.55. The smallest absolute Gasteiger partial charge is 0.375 e. The van der Waals surface area contributed by atoms with Crippen LogP contribution in [0.15, 0.2) is 0 Å². The highest BCUT2D eigenvalue weighted by molar-refractivity contribution is 5.82. The Morgan fingerprint density at radius 2 is 2.09 bits per heavy atom. The van der Waals surface area contributed by atoms with Crippen LogP contribution in [0.4, 0.5) is 0 Å². The molecule has 0 aliphatic rings. The molecule has 0 atom stereocenters. The van der Waals surface area contributed by atoms with E-state index in [0.717, 1.165) is 0 Å². The van der Waals surface area contributed by atoms with Crippen LogP contribution >= 0.6 is 0 Å². The number of rotatable bonds is 1. The third-order valence-electron chi connectivity index (χ3n) is 0.789. The fourth-order valence-electron chi connectivity index (χ4n) is 0.438. The summed E-state index contributed by atoms with van der Waals surface area (Å²) in [7, 11) is 0. The van der Waals surface area contributed by atoms with Crippen molar-refractivity contribution in [1.29, 1.82) is 0 Å². The Hall–Kier alpha value is -1.39. The summed E-state index contributed by atoms with van der Waals surface area (Å²) in [6.45, 7) is 5.64. The van der Waals surface area contributed by atoms with Gasteiger partial charge in [0.25, 0.3) is 5.82 Å². The summed E-state index contributed by atoms with van der Waals surface area (Å²) >= 11 is 0. The van der Waals surface area contributed by atoms with Crippen molar-refractivity contribution < 1.29 is 9.90 Å². The second kappa shape index (κ2) is 4.43. The van der Waals surface area contributed by atoms with E-state index in [-0.39, 0.29) is 5.82 Å². The van der Waals surface area contributed by atoms with Gasteiger partial charge in [-0.15, -0.1) is 5.10 Å². The number of carboxylic acids is 1. The molecule has 0 spiro atoms. The third-order valence-corrected chi connectivity index (χ3v) is 0.789. The number of carboxylic acid groups (broad SMARTS) is 1. The van der Waals surface area contributed by atoms with E-state index < -0.39 is 5.97 Å². The van der Waals surface area contributed by atoms with Gasteiger partial charge in [0.05, 0.1) is 0 Å². The van der Waals surface area contributed by atoms with Gasteiger partial charge in [0, 0.05) is 0 Å². The number of aromatic carboxylic acids is 1. The summed E-state index contributed by atoms with van der Waals surface area (Å²) in [5.41, 5.74) is 0. The van der Waals surface area contributed by atoms with Crippen molar-refractivity contribution in [1.82, 2.24) is 15.2 Å². The first kappa shape index (κ1) is 9.61. The predicted octanol–water partition coefficient (Wildman–Crippen LogP) is 0.838. The average Bonchev–Trinajstić information content (AvgIpc) is 2.40. The molecule has 11 heavy (non-hydrogen) atoms. The van der Waals surface area contributed by atoms with Crippen molar-refractivity contribution in [3.63, 3.8) is 0 Å². The number of nitrogens with one attached hydrogen (secondary N) is 1. The van der Waals surface area contributed by atoms with Gasteiger partial charge in [-0.2, -0.15) is 0 Å². The summed E-state index contributed by atoms with van der Waals surface area (Å²) in [5.74, 6) is -0.792. The Morgan fingerprint density at radius 1 is 1.55 bits per heavy atom. The van der Waals surface area contributed by atoms with Crippen LogP contribution in [0.2, 0.25) is 0 Å². The molecule has 0 fully saturated rings. The second-order valence-electron chi connectivity index (χ2n) is 1.55. The lowest BCUT2D eigenvalue weighted by Crippen LogP contribution is -1.98. The first-order valence-corrected chi connectivity index (χ1v) is 3.32.